The maximum atomic E-state index is 12.4. The van der Waals surface area contributed by atoms with Crippen molar-refractivity contribution in [2.24, 2.45) is 0 Å². The van der Waals surface area contributed by atoms with Gasteiger partial charge < -0.3 is 14.4 Å². The van der Waals surface area contributed by atoms with E-state index in [9.17, 15) is 4.79 Å². The van der Waals surface area contributed by atoms with Crippen LogP contribution in [-0.4, -0.2) is 37.7 Å². The smallest absolute Gasteiger partial charge is 0.236 e. The van der Waals surface area contributed by atoms with Crippen molar-refractivity contribution in [3.8, 4) is 11.5 Å². The Hall–Kier alpha value is -2.14. The van der Waals surface area contributed by atoms with Crippen LogP contribution < -0.4 is 14.4 Å². The van der Waals surface area contributed by atoms with Gasteiger partial charge in [-0.05, 0) is 42.3 Å². The minimum absolute atomic E-state index is 0.175. The lowest BCUT2D eigenvalue weighted by molar-refractivity contribution is -0.116. The summed E-state index contributed by atoms with van der Waals surface area (Å²) in [4.78, 5) is 14.3. The lowest BCUT2D eigenvalue weighted by Crippen LogP contribution is -2.30. The molecule has 1 amide bonds. The molecule has 3 rings (SSSR count). The van der Waals surface area contributed by atoms with Gasteiger partial charge in [-0.2, -0.15) is 0 Å². The molecule has 126 valence electrons. The van der Waals surface area contributed by atoms with E-state index in [0.29, 0.717) is 12.4 Å². The molecule has 0 atom stereocenters. The lowest BCUT2D eigenvalue weighted by atomic mass is 10.2. The quantitative estimate of drug-likeness (QED) is 0.722. The third-order valence-corrected chi connectivity index (χ3v) is 4.88. The van der Waals surface area contributed by atoms with Crippen molar-refractivity contribution in [2.75, 3.05) is 36.7 Å². The molecule has 24 heavy (non-hydrogen) atoms. The highest BCUT2D eigenvalue weighted by atomic mass is 32.2. The Bertz CT molecular complexity index is 687. The van der Waals surface area contributed by atoms with E-state index in [-0.39, 0.29) is 5.91 Å². The standard InChI is InChI=1S/C19H21NO3S/c1-22-16-6-8-17(9-7-16)23-12-13-24-14-19(21)20-11-10-15-4-2-3-5-18(15)20/h2-9H,10-14H2,1H3. The van der Waals surface area contributed by atoms with E-state index in [1.54, 1.807) is 18.9 Å². The molecule has 0 unspecified atom stereocenters. The molecular weight excluding hydrogens is 322 g/mol. The summed E-state index contributed by atoms with van der Waals surface area (Å²) in [7, 11) is 1.64. The number of para-hydroxylation sites is 1. The Morgan fingerprint density at radius 3 is 2.67 bits per heavy atom. The van der Waals surface area contributed by atoms with Crippen LogP contribution in [0.4, 0.5) is 5.69 Å². The number of carbonyl (C=O) groups excluding carboxylic acids is 1. The molecule has 0 N–H and O–H groups in total. The Labute approximate surface area is 146 Å². The minimum atomic E-state index is 0.175. The SMILES string of the molecule is COc1ccc(OCCSCC(=O)N2CCc3ccccc32)cc1. The highest BCUT2D eigenvalue weighted by Gasteiger charge is 2.23. The zero-order valence-electron chi connectivity index (χ0n) is 13.7. The van der Waals surface area contributed by atoms with Gasteiger partial charge in [0.1, 0.15) is 11.5 Å². The molecule has 0 aliphatic carbocycles. The van der Waals surface area contributed by atoms with Crippen LogP contribution in [0.1, 0.15) is 5.56 Å². The van der Waals surface area contributed by atoms with Crippen molar-refractivity contribution in [1.82, 2.24) is 0 Å². The maximum Gasteiger partial charge on any atom is 0.236 e. The molecule has 0 saturated heterocycles. The molecule has 0 spiro atoms. The summed E-state index contributed by atoms with van der Waals surface area (Å²) in [5.74, 6) is 3.08. The van der Waals surface area contributed by atoms with Gasteiger partial charge in [-0.1, -0.05) is 18.2 Å². The van der Waals surface area contributed by atoms with Crippen molar-refractivity contribution in [3.63, 3.8) is 0 Å². The molecule has 0 saturated carbocycles. The second kappa shape index (κ2) is 8.11. The molecule has 1 heterocycles. The van der Waals surface area contributed by atoms with Crippen LogP contribution in [-0.2, 0) is 11.2 Å². The Morgan fingerprint density at radius 1 is 1.12 bits per heavy atom. The monoisotopic (exact) mass is 343 g/mol. The van der Waals surface area contributed by atoms with Gasteiger partial charge in [0.15, 0.2) is 0 Å². The molecule has 2 aromatic rings. The van der Waals surface area contributed by atoms with E-state index in [2.05, 4.69) is 6.07 Å². The van der Waals surface area contributed by atoms with Crippen LogP contribution in [0.5, 0.6) is 11.5 Å². The van der Waals surface area contributed by atoms with E-state index in [4.69, 9.17) is 9.47 Å². The Morgan fingerprint density at radius 2 is 1.88 bits per heavy atom. The largest absolute Gasteiger partial charge is 0.497 e. The fourth-order valence-corrected chi connectivity index (χ4v) is 3.40. The fraction of sp³-hybridized carbons (Fsp3) is 0.316. The summed E-state index contributed by atoms with van der Waals surface area (Å²) >= 11 is 1.61. The van der Waals surface area contributed by atoms with Crippen molar-refractivity contribution >= 4 is 23.4 Å². The topological polar surface area (TPSA) is 38.8 Å². The van der Waals surface area contributed by atoms with Gasteiger partial charge in [0.05, 0.1) is 19.5 Å². The fourth-order valence-electron chi connectivity index (χ4n) is 2.73. The number of hydrogen-bond donors (Lipinski definition) is 0. The highest BCUT2D eigenvalue weighted by Crippen LogP contribution is 2.28. The first-order chi connectivity index (χ1) is 11.8. The van der Waals surface area contributed by atoms with Crippen LogP contribution in [0.3, 0.4) is 0 Å². The zero-order chi connectivity index (χ0) is 16.8. The molecule has 0 fully saturated rings. The van der Waals surface area contributed by atoms with Crippen LogP contribution in [0.25, 0.3) is 0 Å². The third-order valence-electron chi connectivity index (χ3n) is 3.97. The average molecular weight is 343 g/mol. The van der Waals surface area contributed by atoms with Crippen molar-refractivity contribution in [3.05, 3.63) is 54.1 Å². The number of nitrogens with zero attached hydrogens (tertiary/aromatic N) is 1. The zero-order valence-corrected chi connectivity index (χ0v) is 14.6. The van der Waals surface area contributed by atoms with Gasteiger partial charge in [-0.15, -0.1) is 11.8 Å². The Kier molecular flexibility index (Phi) is 5.64. The number of ether oxygens (including phenoxy) is 2. The lowest BCUT2D eigenvalue weighted by Gasteiger charge is -2.17. The predicted molar refractivity (Wildman–Crippen MR) is 98.3 cm³/mol. The number of anilines is 1. The van der Waals surface area contributed by atoms with E-state index in [1.807, 2.05) is 47.4 Å². The number of rotatable bonds is 7. The summed E-state index contributed by atoms with van der Waals surface area (Å²) in [6.45, 7) is 1.38. The molecule has 2 aromatic carbocycles. The summed E-state index contributed by atoms with van der Waals surface area (Å²) in [6.07, 6.45) is 0.952. The van der Waals surface area contributed by atoms with Crippen molar-refractivity contribution in [1.29, 1.82) is 0 Å². The third kappa shape index (κ3) is 4.03. The molecule has 0 bridgehead atoms. The van der Waals surface area contributed by atoms with Gasteiger partial charge in [-0.3, -0.25) is 4.79 Å². The van der Waals surface area contributed by atoms with E-state index in [0.717, 1.165) is 35.9 Å². The normalized spacial score (nSPS) is 12.8. The number of benzene rings is 2. The van der Waals surface area contributed by atoms with Gasteiger partial charge in [0.2, 0.25) is 5.91 Å². The minimum Gasteiger partial charge on any atom is -0.497 e. The van der Waals surface area contributed by atoms with Crippen molar-refractivity contribution < 1.29 is 14.3 Å². The first-order valence-electron chi connectivity index (χ1n) is 8.01. The average Bonchev–Trinajstić information content (AvgIpc) is 3.06. The van der Waals surface area contributed by atoms with E-state index in [1.165, 1.54) is 5.56 Å². The molecule has 1 aliphatic rings. The second-order valence-electron chi connectivity index (χ2n) is 5.50. The Balaban J connectivity index is 1.38. The first kappa shape index (κ1) is 16.7. The van der Waals surface area contributed by atoms with Crippen molar-refractivity contribution in [2.45, 2.75) is 6.42 Å². The molecule has 0 aromatic heterocycles. The molecular formula is C19H21NO3S. The summed E-state index contributed by atoms with van der Waals surface area (Å²) in [6, 6.07) is 15.6. The molecule has 1 aliphatic heterocycles. The van der Waals surface area contributed by atoms with Gasteiger partial charge in [0.25, 0.3) is 0 Å². The maximum absolute atomic E-state index is 12.4. The van der Waals surface area contributed by atoms with Gasteiger partial charge in [0, 0.05) is 18.0 Å². The number of carbonyl (C=O) groups is 1. The van der Waals surface area contributed by atoms with Gasteiger partial charge in [-0.25, -0.2) is 0 Å². The van der Waals surface area contributed by atoms with E-state index < -0.39 is 0 Å². The molecule has 0 radical (unpaired) electrons. The van der Waals surface area contributed by atoms with Gasteiger partial charge >= 0.3 is 0 Å². The number of methoxy groups -OCH3 is 1. The van der Waals surface area contributed by atoms with E-state index >= 15 is 0 Å². The number of amides is 1. The second-order valence-corrected chi connectivity index (χ2v) is 6.61. The predicted octanol–water partition coefficient (Wildman–Crippen LogP) is 3.40. The van der Waals surface area contributed by atoms with Crippen LogP contribution >= 0.6 is 11.8 Å². The highest BCUT2D eigenvalue weighted by molar-refractivity contribution is 7.99. The molecule has 5 heteroatoms. The summed E-state index contributed by atoms with van der Waals surface area (Å²) in [5.41, 5.74) is 2.33. The first-order valence-corrected chi connectivity index (χ1v) is 9.16. The van der Waals surface area contributed by atoms with Crippen LogP contribution in [0, 0.1) is 0 Å². The summed E-state index contributed by atoms with van der Waals surface area (Å²) < 4.78 is 10.8. The molecule has 4 nitrogen and oxygen atoms in total. The number of hydrogen-bond acceptors (Lipinski definition) is 4. The van der Waals surface area contributed by atoms with Crippen LogP contribution in [0.15, 0.2) is 48.5 Å². The number of thioether (sulfide) groups is 1. The summed E-state index contributed by atoms with van der Waals surface area (Å²) in [5, 5.41) is 0. The van der Waals surface area contributed by atoms with Crippen LogP contribution in [0.2, 0.25) is 0 Å². The number of fused-ring (bicyclic) bond motifs is 1.